The summed E-state index contributed by atoms with van der Waals surface area (Å²) >= 11 is 0. The highest BCUT2D eigenvalue weighted by Gasteiger charge is 2.56. The summed E-state index contributed by atoms with van der Waals surface area (Å²) in [4.78, 5) is 21.4. The first-order chi connectivity index (χ1) is 6.58. The van der Waals surface area contributed by atoms with Crippen molar-refractivity contribution < 1.29 is 24.3 Å². The van der Waals surface area contributed by atoms with Gasteiger partial charge in [-0.2, -0.15) is 0 Å². The Morgan fingerprint density at radius 1 is 1.71 bits per heavy atom. The minimum Gasteiger partial charge on any atom is -0.467 e. The first-order valence-corrected chi connectivity index (χ1v) is 4.44. The van der Waals surface area contributed by atoms with Gasteiger partial charge in [0.2, 0.25) is 0 Å². The molecule has 1 N–H and O–H groups in total. The fourth-order valence-electron chi connectivity index (χ4n) is 1.73. The van der Waals surface area contributed by atoms with E-state index in [0.29, 0.717) is 6.42 Å². The van der Waals surface area contributed by atoms with Crippen LogP contribution in [0.5, 0.6) is 0 Å². The summed E-state index contributed by atoms with van der Waals surface area (Å²) in [5.41, 5.74) is -0.640. The molecule has 0 aromatic heterocycles. The van der Waals surface area contributed by atoms with Crippen molar-refractivity contribution in [3.05, 3.63) is 0 Å². The monoisotopic (exact) mass is 203 g/mol. The van der Waals surface area contributed by atoms with Crippen LogP contribution in [-0.2, 0) is 19.2 Å². The van der Waals surface area contributed by atoms with Crippen molar-refractivity contribution in [1.82, 2.24) is 5.23 Å². The quantitative estimate of drug-likeness (QED) is 0.564. The lowest BCUT2D eigenvalue weighted by Crippen LogP contribution is -2.42. The zero-order valence-corrected chi connectivity index (χ0v) is 8.10. The number of hydrogen-bond donors (Lipinski definition) is 1. The van der Waals surface area contributed by atoms with Gasteiger partial charge in [-0.1, -0.05) is 5.23 Å². The molecular weight excluding hydrogens is 190 g/mol. The van der Waals surface area contributed by atoms with Gasteiger partial charge in [0, 0.05) is 6.42 Å². The number of carbonyl (C=O) groups excluding carboxylic acids is 1. The fraction of sp³-hybridized carbons (Fsp3) is 0.875. The van der Waals surface area contributed by atoms with E-state index < -0.39 is 23.7 Å². The third-order valence-electron chi connectivity index (χ3n) is 2.77. The Morgan fingerprint density at radius 3 is 3.00 bits per heavy atom. The van der Waals surface area contributed by atoms with E-state index in [1.165, 1.54) is 12.3 Å². The molecule has 80 valence electrons. The number of carbonyl (C=O) groups is 1. The highest BCUT2D eigenvalue weighted by Crippen LogP contribution is 2.39. The molecule has 2 fully saturated rings. The zero-order valence-electron chi connectivity index (χ0n) is 8.10. The number of methoxy groups -OCH3 is 1. The van der Waals surface area contributed by atoms with Crippen LogP contribution in [0, 0.1) is 0 Å². The lowest BCUT2D eigenvalue weighted by molar-refractivity contribution is -0.354. The van der Waals surface area contributed by atoms with Crippen LogP contribution < -0.4 is 0 Å². The Morgan fingerprint density at radius 2 is 2.43 bits per heavy atom. The largest absolute Gasteiger partial charge is 0.467 e. The highest BCUT2D eigenvalue weighted by atomic mass is 17.0. The number of rotatable bonds is 1. The molecule has 6 heteroatoms. The van der Waals surface area contributed by atoms with Crippen molar-refractivity contribution in [2.24, 2.45) is 0 Å². The molecule has 0 aromatic carbocycles. The summed E-state index contributed by atoms with van der Waals surface area (Å²) < 4.78 is 4.55. The van der Waals surface area contributed by atoms with Gasteiger partial charge in [-0.25, -0.2) is 4.79 Å². The molecule has 2 heterocycles. The highest BCUT2D eigenvalue weighted by molar-refractivity contribution is 5.75. The van der Waals surface area contributed by atoms with Crippen LogP contribution in [0.25, 0.3) is 0 Å². The second-order valence-corrected chi connectivity index (χ2v) is 3.75. The maximum Gasteiger partial charge on any atom is 0.337 e. The van der Waals surface area contributed by atoms with Gasteiger partial charge in [-0.05, 0) is 6.92 Å². The number of nitrogens with zero attached hydrogens (tertiary/aromatic N) is 1. The van der Waals surface area contributed by atoms with Crippen LogP contribution in [0.1, 0.15) is 13.3 Å². The van der Waals surface area contributed by atoms with Gasteiger partial charge in [0.15, 0.2) is 6.10 Å². The molecule has 0 bridgehead atoms. The van der Waals surface area contributed by atoms with Crippen molar-refractivity contribution in [3.8, 4) is 0 Å². The van der Waals surface area contributed by atoms with E-state index in [-0.39, 0.29) is 6.61 Å². The first kappa shape index (κ1) is 9.85. The maximum atomic E-state index is 11.2. The van der Waals surface area contributed by atoms with Crippen molar-refractivity contribution >= 4 is 5.97 Å². The van der Waals surface area contributed by atoms with Crippen molar-refractivity contribution in [1.29, 1.82) is 0 Å². The molecular formula is C8H13NO5. The minimum atomic E-state index is -0.681. The van der Waals surface area contributed by atoms with Crippen LogP contribution in [0.4, 0.5) is 0 Å². The summed E-state index contributed by atoms with van der Waals surface area (Å²) in [5, 5.41) is 10.8. The number of esters is 1. The number of aliphatic hydroxyl groups is 1. The predicted octanol–water partition coefficient (Wildman–Crippen LogP) is -0.770. The van der Waals surface area contributed by atoms with Gasteiger partial charge in [0.25, 0.3) is 0 Å². The topological polar surface area (TPSA) is 68.2 Å². The van der Waals surface area contributed by atoms with E-state index >= 15 is 0 Å². The summed E-state index contributed by atoms with van der Waals surface area (Å²) in [6, 6.07) is 0. The molecule has 2 aliphatic rings. The molecule has 2 rings (SSSR count). The molecule has 0 saturated carbocycles. The fourth-order valence-corrected chi connectivity index (χ4v) is 1.73. The van der Waals surface area contributed by atoms with Crippen LogP contribution in [0.3, 0.4) is 0 Å². The van der Waals surface area contributed by atoms with Gasteiger partial charge >= 0.3 is 5.97 Å². The van der Waals surface area contributed by atoms with Gasteiger partial charge in [0.1, 0.15) is 11.6 Å². The summed E-state index contributed by atoms with van der Waals surface area (Å²) in [6.07, 6.45) is -0.946. The molecule has 0 aromatic rings. The van der Waals surface area contributed by atoms with E-state index in [9.17, 15) is 9.90 Å². The second kappa shape index (κ2) is 3.16. The first-order valence-electron chi connectivity index (χ1n) is 4.44. The van der Waals surface area contributed by atoms with E-state index in [1.54, 1.807) is 6.92 Å². The third kappa shape index (κ3) is 1.23. The lowest BCUT2D eigenvalue weighted by atomic mass is 9.91. The number of hydroxylamine groups is 2. The Balaban J connectivity index is 2.10. The number of hydrogen-bond acceptors (Lipinski definition) is 6. The van der Waals surface area contributed by atoms with Gasteiger partial charge in [-0.3, -0.25) is 9.68 Å². The van der Waals surface area contributed by atoms with Crippen molar-refractivity contribution in [2.75, 3.05) is 13.7 Å². The molecule has 2 aliphatic heterocycles. The Hall–Kier alpha value is -0.690. The van der Waals surface area contributed by atoms with Crippen LogP contribution in [0.2, 0.25) is 0 Å². The average molecular weight is 203 g/mol. The van der Waals surface area contributed by atoms with Gasteiger partial charge in [-0.15, -0.1) is 0 Å². The predicted molar refractivity (Wildman–Crippen MR) is 43.7 cm³/mol. The van der Waals surface area contributed by atoms with Crippen molar-refractivity contribution in [3.63, 3.8) is 0 Å². The lowest BCUT2D eigenvalue weighted by Gasteiger charge is -2.23. The Labute approximate surface area is 81.2 Å². The molecule has 2 saturated heterocycles. The number of ether oxygens (including phenoxy) is 1. The Kier molecular flexibility index (Phi) is 2.23. The molecule has 3 atom stereocenters. The van der Waals surface area contributed by atoms with Crippen molar-refractivity contribution in [2.45, 2.75) is 31.1 Å². The summed E-state index contributed by atoms with van der Waals surface area (Å²) in [5.74, 6) is -0.448. The van der Waals surface area contributed by atoms with E-state index in [1.807, 2.05) is 0 Å². The molecule has 0 spiro atoms. The maximum absolute atomic E-state index is 11.2. The number of fused-ring (bicyclic) bond motifs is 1. The van der Waals surface area contributed by atoms with E-state index in [2.05, 4.69) is 4.74 Å². The standard InChI is InChI=1S/C8H13NO5/c1-8-3-5(7(11)12-2)14-9(8)13-4-6(8)10/h5-6,10H,3-4H2,1-2H3. The van der Waals surface area contributed by atoms with Gasteiger partial charge < -0.3 is 9.84 Å². The van der Waals surface area contributed by atoms with Crippen LogP contribution >= 0.6 is 0 Å². The summed E-state index contributed by atoms with van der Waals surface area (Å²) in [6.45, 7) is 1.98. The van der Waals surface area contributed by atoms with E-state index in [0.717, 1.165) is 0 Å². The zero-order chi connectivity index (χ0) is 10.3. The minimum absolute atomic E-state index is 0.199. The summed E-state index contributed by atoms with van der Waals surface area (Å²) in [7, 11) is 1.30. The molecule has 3 unspecified atom stereocenters. The molecule has 0 aliphatic carbocycles. The molecule has 0 radical (unpaired) electrons. The van der Waals surface area contributed by atoms with Crippen LogP contribution in [-0.4, -0.2) is 47.8 Å². The molecule has 0 amide bonds. The van der Waals surface area contributed by atoms with E-state index in [4.69, 9.17) is 9.68 Å². The Bertz CT molecular complexity index is 258. The average Bonchev–Trinajstić information content (AvgIpc) is 2.63. The third-order valence-corrected chi connectivity index (χ3v) is 2.77. The van der Waals surface area contributed by atoms with Crippen LogP contribution in [0.15, 0.2) is 0 Å². The normalized spacial score (nSPS) is 42.5. The second-order valence-electron chi connectivity index (χ2n) is 3.75. The molecule has 14 heavy (non-hydrogen) atoms. The SMILES string of the molecule is COC(=O)C1CC2(C)C(O)CON2O1. The molecule has 6 nitrogen and oxygen atoms in total. The number of aliphatic hydroxyl groups excluding tert-OH is 1. The smallest absolute Gasteiger partial charge is 0.337 e. The van der Waals surface area contributed by atoms with Gasteiger partial charge in [0.05, 0.1) is 13.7 Å².